The van der Waals surface area contributed by atoms with Crippen molar-refractivity contribution in [2.24, 2.45) is 11.8 Å². The molecule has 1 spiro atoms. The summed E-state index contributed by atoms with van der Waals surface area (Å²) in [5, 5.41) is 21.6. The van der Waals surface area contributed by atoms with E-state index in [2.05, 4.69) is 28.7 Å². The molecule has 5 atom stereocenters. The van der Waals surface area contributed by atoms with E-state index in [1.165, 1.54) is 0 Å². The van der Waals surface area contributed by atoms with Crippen LogP contribution in [0, 0.1) is 15.4 Å². The molecule has 0 radical (unpaired) electrons. The molecular formula is C34H37IN2O5. The van der Waals surface area contributed by atoms with Gasteiger partial charge in [0.1, 0.15) is 0 Å². The molecule has 7 nitrogen and oxygen atoms in total. The minimum atomic E-state index is -1.32. The van der Waals surface area contributed by atoms with Crippen LogP contribution >= 0.6 is 22.6 Å². The number of anilines is 1. The van der Waals surface area contributed by atoms with Crippen LogP contribution in [0.2, 0.25) is 0 Å². The van der Waals surface area contributed by atoms with E-state index in [1.54, 1.807) is 23.6 Å². The molecule has 3 heterocycles. The molecule has 2 N–H and O–H groups in total. The molecule has 3 aromatic carbocycles. The van der Waals surface area contributed by atoms with Crippen molar-refractivity contribution >= 4 is 40.1 Å². The minimum Gasteiger partial charge on any atom is -0.394 e. The lowest BCUT2D eigenvalue weighted by molar-refractivity contribution is -0.151. The number of hydrogen-bond acceptors (Lipinski definition) is 5. The van der Waals surface area contributed by atoms with Crippen molar-refractivity contribution < 1.29 is 24.5 Å². The molecule has 0 aromatic heterocycles. The fourth-order valence-electron chi connectivity index (χ4n) is 7.54. The van der Waals surface area contributed by atoms with Gasteiger partial charge in [0.05, 0.1) is 43.0 Å². The summed E-state index contributed by atoms with van der Waals surface area (Å²) >= 11 is 2.27. The number of carbonyl (C=O) groups excluding carboxylic acids is 2. The van der Waals surface area contributed by atoms with Gasteiger partial charge in [-0.2, -0.15) is 0 Å². The van der Waals surface area contributed by atoms with E-state index >= 15 is 0 Å². The Hall–Kier alpha value is -2.79. The normalized spacial score (nSPS) is 27.0. The smallest absolute Gasteiger partial charge is 0.264 e. The lowest BCUT2D eigenvalue weighted by Gasteiger charge is -2.38. The van der Waals surface area contributed by atoms with Gasteiger partial charge in [-0.3, -0.25) is 9.59 Å². The maximum absolute atomic E-state index is 14.5. The van der Waals surface area contributed by atoms with Crippen molar-refractivity contribution in [2.75, 3.05) is 11.5 Å². The van der Waals surface area contributed by atoms with Gasteiger partial charge in [-0.1, -0.05) is 61.5 Å². The second kappa shape index (κ2) is 11.0. The number of halogens is 1. The molecule has 2 amide bonds. The van der Waals surface area contributed by atoms with Crippen molar-refractivity contribution in [1.29, 1.82) is 0 Å². The molecule has 0 unspecified atom stereocenters. The summed E-state index contributed by atoms with van der Waals surface area (Å²) in [7, 11) is 0. The number of aliphatic hydroxyl groups is 2. The fraction of sp³-hybridized carbons (Fsp3) is 0.412. The van der Waals surface area contributed by atoms with Gasteiger partial charge in [0.2, 0.25) is 5.91 Å². The number of carbonyl (C=O) groups is 2. The SMILES string of the molecule is C[C@@H]1[C@@H](C(C)(C)O)[C@H](CC(=O)N2Cc3ccccc3C[C@H]2CO)O[C@@]12C(=O)N(Cc1cccc(I)c1)c1ccccc12. The third-order valence-electron chi connectivity index (χ3n) is 9.38. The van der Waals surface area contributed by atoms with Crippen LogP contribution < -0.4 is 4.90 Å². The largest absolute Gasteiger partial charge is 0.394 e. The number of aliphatic hydroxyl groups excluding tert-OH is 1. The lowest BCUT2D eigenvalue weighted by Crippen LogP contribution is -2.48. The Bertz CT molecular complexity index is 1520. The van der Waals surface area contributed by atoms with Crippen molar-refractivity contribution in [3.05, 3.63) is 98.6 Å². The number of rotatable bonds is 6. The predicted molar refractivity (Wildman–Crippen MR) is 168 cm³/mol. The monoisotopic (exact) mass is 680 g/mol. The average molecular weight is 681 g/mol. The van der Waals surface area contributed by atoms with Gasteiger partial charge in [0.25, 0.3) is 5.91 Å². The van der Waals surface area contributed by atoms with Crippen LogP contribution in [0.3, 0.4) is 0 Å². The third kappa shape index (κ3) is 4.86. The van der Waals surface area contributed by atoms with E-state index in [0.717, 1.165) is 31.5 Å². The highest BCUT2D eigenvalue weighted by Gasteiger charge is 2.66. The Morgan fingerprint density at radius 2 is 1.79 bits per heavy atom. The van der Waals surface area contributed by atoms with Crippen LogP contribution in [-0.2, 0) is 39.4 Å². The number of ether oxygens (including phenoxy) is 1. The standard InChI is InChI=1S/C34H37IN2O5/c1-21-31(33(2,3)41)29(17-30(39)36-19-24-11-5-4-10-23(24)16-26(36)20-38)42-34(21)27-13-6-7-14-28(27)37(32(34)40)18-22-9-8-12-25(35)15-22/h4-15,21,26,29,31,38,41H,16-20H2,1-3H3/t21-,26+,29+,31-,34+/m1/s1. The van der Waals surface area contributed by atoms with E-state index in [-0.39, 0.29) is 30.9 Å². The Balaban J connectivity index is 1.34. The van der Waals surface area contributed by atoms with Crippen LogP contribution in [0.15, 0.2) is 72.8 Å². The number of hydrogen-bond donors (Lipinski definition) is 2. The zero-order valence-electron chi connectivity index (χ0n) is 24.2. The summed E-state index contributed by atoms with van der Waals surface area (Å²) in [5.41, 5.74) is 2.26. The van der Waals surface area contributed by atoms with E-state index < -0.39 is 29.1 Å². The maximum Gasteiger partial charge on any atom is 0.264 e. The van der Waals surface area contributed by atoms with E-state index in [9.17, 15) is 19.8 Å². The number of benzene rings is 3. The third-order valence-corrected chi connectivity index (χ3v) is 10.1. The van der Waals surface area contributed by atoms with Gasteiger partial charge in [-0.05, 0) is 77.7 Å². The van der Waals surface area contributed by atoms with E-state index in [4.69, 9.17) is 4.74 Å². The highest BCUT2D eigenvalue weighted by molar-refractivity contribution is 14.1. The van der Waals surface area contributed by atoms with Gasteiger partial charge in [-0.15, -0.1) is 0 Å². The summed E-state index contributed by atoms with van der Waals surface area (Å²) < 4.78 is 7.92. The molecule has 0 saturated carbocycles. The van der Waals surface area contributed by atoms with Crippen molar-refractivity contribution in [3.63, 3.8) is 0 Å². The molecule has 8 heteroatoms. The van der Waals surface area contributed by atoms with Gasteiger partial charge >= 0.3 is 0 Å². The molecule has 6 rings (SSSR count). The molecule has 3 aromatic rings. The van der Waals surface area contributed by atoms with Gasteiger partial charge in [-0.25, -0.2) is 0 Å². The maximum atomic E-state index is 14.5. The number of amides is 2. The van der Waals surface area contributed by atoms with Gasteiger partial charge in [0.15, 0.2) is 5.60 Å². The predicted octanol–water partition coefficient (Wildman–Crippen LogP) is 4.79. The first-order valence-corrected chi connectivity index (χ1v) is 15.7. The van der Waals surface area contributed by atoms with Crippen LogP contribution in [0.4, 0.5) is 5.69 Å². The zero-order chi connectivity index (χ0) is 29.8. The van der Waals surface area contributed by atoms with Gasteiger partial charge in [0, 0.05) is 27.5 Å². The van der Waals surface area contributed by atoms with Crippen molar-refractivity contribution in [1.82, 2.24) is 4.90 Å². The number of para-hydroxylation sites is 1. The first-order valence-electron chi connectivity index (χ1n) is 14.6. The second-order valence-electron chi connectivity index (χ2n) is 12.4. The summed E-state index contributed by atoms with van der Waals surface area (Å²) in [6.07, 6.45) is -0.108. The summed E-state index contributed by atoms with van der Waals surface area (Å²) in [4.78, 5) is 32.0. The van der Waals surface area contributed by atoms with E-state index in [1.807, 2.05) is 73.7 Å². The summed E-state index contributed by atoms with van der Waals surface area (Å²) in [6.45, 7) is 6.09. The lowest BCUT2D eigenvalue weighted by atomic mass is 9.70. The fourth-order valence-corrected chi connectivity index (χ4v) is 8.15. The number of fused-ring (bicyclic) bond motifs is 3. The first kappa shape index (κ1) is 29.3. The van der Waals surface area contributed by atoms with Crippen LogP contribution in [0.5, 0.6) is 0 Å². The minimum absolute atomic E-state index is 0.00570. The summed E-state index contributed by atoms with van der Waals surface area (Å²) in [6, 6.07) is 23.5. The quantitative estimate of drug-likeness (QED) is 0.366. The van der Waals surface area contributed by atoms with Crippen LogP contribution in [-0.4, -0.2) is 51.3 Å². The number of nitrogens with zero attached hydrogens (tertiary/aromatic N) is 2. The molecular weight excluding hydrogens is 643 g/mol. The van der Waals surface area contributed by atoms with Gasteiger partial charge < -0.3 is 24.7 Å². The van der Waals surface area contributed by atoms with Crippen LogP contribution in [0.25, 0.3) is 0 Å². The molecule has 1 saturated heterocycles. The summed E-state index contributed by atoms with van der Waals surface area (Å²) in [5.74, 6) is -1.21. The molecule has 3 aliphatic heterocycles. The molecule has 0 aliphatic carbocycles. The topological polar surface area (TPSA) is 90.3 Å². The van der Waals surface area contributed by atoms with Crippen molar-refractivity contribution in [2.45, 2.75) is 70.1 Å². The Morgan fingerprint density at radius 1 is 1.07 bits per heavy atom. The molecule has 1 fully saturated rings. The van der Waals surface area contributed by atoms with Crippen LogP contribution in [0.1, 0.15) is 49.4 Å². The molecule has 220 valence electrons. The Morgan fingerprint density at radius 3 is 2.50 bits per heavy atom. The zero-order valence-corrected chi connectivity index (χ0v) is 26.3. The molecule has 42 heavy (non-hydrogen) atoms. The first-order chi connectivity index (χ1) is 20.0. The second-order valence-corrected chi connectivity index (χ2v) is 13.7. The Kier molecular flexibility index (Phi) is 7.70. The van der Waals surface area contributed by atoms with E-state index in [0.29, 0.717) is 19.5 Å². The van der Waals surface area contributed by atoms with Crippen molar-refractivity contribution in [3.8, 4) is 0 Å². The average Bonchev–Trinajstić information content (AvgIpc) is 3.38. The highest BCUT2D eigenvalue weighted by atomic mass is 127. The highest BCUT2D eigenvalue weighted by Crippen LogP contribution is 2.58. The Labute approximate surface area is 260 Å². The molecule has 3 aliphatic rings. The molecule has 0 bridgehead atoms.